The summed E-state index contributed by atoms with van der Waals surface area (Å²) in [5, 5.41) is 25.7. The van der Waals surface area contributed by atoms with Crippen molar-refractivity contribution in [3.05, 3.63) is 88.9 Å². The third-order valence-electron chi connectivity index (χ3n) is 6.04. The van der Waals surface area contributed by atoms with E-state index in [0.717, 1.165) is 63.3 Å². The van der Waals surface area contributed by atoms with Crippen molar-refractivity contribution < 1.29 is 5.11 Å². The molecule has 3 heterocycles. The zero-order valence-electron chi connectivity index (χ0n) is 18.9. The van der Waals surface area contributed by atoms with Gasteiger partial charge in [-0.25, -0.2) is 10.1 Å². The Morgan fingerprint density at radius 2 is 1.76 bits per heavy atom. The third kappa shape index (κ3) is 3.81. The van der Waals surface area contributed by atoms with E-state index in [0.29, 0.717) is 5.82 Å². The number of H-pyrrole nitrogens is 1. The highest BCUT2D eigenvalue weighted by Crippen LogP contribution is 2.32. The zero-order chi connectivity index (χ0) is 22.9. The predicted octanol–water partition coefficient (Wildman–Crippen LogP) is 4.83. The van der Waals surface area contributed by atoms with Gasteiger partial charge in [0.05, 0.1) is 11.4 Å². The number of aliphatic hydroxyl groups excluding tert-OH is 1. The van der Waals surface area contributed by atoms with Gasteiger partial charge in [0.25, 0.3) is 0 Å². The van der Waals surface area contributed by atoms with Crippen LogP contribution in [0.25, 0.3) is 28.2 Å². The van der Waals surface area contributed by atoms with Crippen LogP contribution in [-0.2, 0) is 6.42 Å². The third-order valence-corrected chi connectivity index (χ3v) is 6.04. The van der Waals surface area contributed by atoms with E-state index in [1.807, 2.05) is 55.5 Å². The van der Waals surface area contributed by atoms with Gasteiger partial charge in [-0.1, -0.05) is 67.9 Å². The largest absolute Gasteiger partial charge is 0.382 e. The summed E-state index contributed by atoms with van der Waals surface area (Å²) in [4.78, 5) is 4.80. The number of fused-ring (bicyclic) bond motifs is 1. The van der Waals surface area contributed by atoms with E-state index in [9.17, 15) is 5.11 Å². The molecular formula is C26H26N6O. The molecule has 2 aromatic carbocycles. The molecule has 5 aromatic rings. The van der Waals surface area contributed by atoms with E-state index in [1.165, 1.54) is 0 Å². The van der Waals surface area contributed by atoms with Gasteiger partial charge in [0.1, 0.15) is 11.8 Å². The van der Waals surface area contributed by atoms with Crippen molar-refractivity contribution in [2.24, 2.45) is 0 Å². The van der Waals surface area contributed by atoms with Crippen LogP contribution < -0.4 is 0 Å². The number of imidazole rings is 1. The summed E-state index contributed by atoms with van der Waals surface area (Å²) in [5.41, 5.74) is 8.76. The van der Waals surface area contributed by atoms with Gasteiger partial charge in [0.2, 0.25) is 0 Å². The van der Waals surface area contributed by atoms with Crippen molar-refractivity contribution in [3.8, 4) is 22.5 Å². The lowest BCUT2D eigenvalue weighted by molar-refractivity contribution is 0.213. The number of hydrogen-bond acceptors (Lipinski definition) is 5. The Kier molecular flexibility index (Phi) is 5.48. The highest BCUT2D eigenvalue weighted by molar-refractivity contribution is 5.80. The number of benzene rings is 2. The molecule has 0 unspecified atom stereocenters. The molecule has 0 amide bonds. The van der Waals surface area contributed by atoms with E-state index in [1.54, 1.807) is 0 Å². The fourth-order valence-electron chi connectivity index (χ4n) is 4.49. The first-order valence-electron chi connectivity index (χ1n) is 11.2. The van der Waals surface area contributed by atoms with E-state index in [4.69, 9.17) is 4.98 Å². The molecule has 0 radical (unpaired) electrons. The van der Waals surface area contributed by atoms with Crippen molar-refractivity contribution in [3.63, 3.8) is 0 Å². The summed E-state index contributed by atoms with van der Waals surface area (Å²) in [6, 6.07) is 18.1. The number of aryl methyl sites for hydroxylation is 3. The van der Waals surface area contributed by atoms with Gasteiger partial charge in [-0.3, -0.25) is 0 Å². The second-order valence-electron chi connectivity index (χ2n) is 8.39. The van der Waals surface area contributed by atoms with E-state index in [2.05, 4.69) is 51.1 Å². The Hall–Kier alpha value is -3.84. The maximum atomic E-state index is 11.4. The van der Waals surface area contributed by atoms with Gasteiger partial charge >= 0.3 is 0 Å². The second-order valence-corrected chi connectivity index (χ2v) is 8.39. The van der Waals surface area contributed by atoms with Crippen LogP contribution in [0.1, 0.15) is 47.5 Å². The summed E-state index contributed by atoms with van der Waals surface area (Å²) < 4.78 is 2.06. The molecular weight excluding hydrogens is 412 g/mol. The molecule has 0 aliphatic carbocycles. The van der Waals surface area contributed by atoms with Crippen LogP contribution in [0.2, 0.25) is 0 Å². The lowest BCUT2D eigenvalue weighted by atomic mass is 9.95. The molecule has 2 N–H and O–H groups in total. The van der Waals surface area contributed by atoms with E-state index in [-0.39, 0.29) is 0 Å². The van der Waals surface area contributed by atoms with Gasteiger partial charge in [-0.15, -0.1) is 5.10 Å². The number of pyridine rings is 1. The predicted molar refractivity (Wildman–Crippen MR) is 128 cm³/mol. The molecule has 166 valence electrons. The maximum absolute atomic E-state index is 11.4. The summed E-state index contributed by atoms with van der Waals surface area (Å²) in [6.07, 6.45) is 3.25. The molecule has 3 aromatic heterocycles. The first-order valence-corrected chi connectivity index (χ1v) is 11.2. The Morgan fingerprint density at radius 1 is 1.00 bits per heavy atom. The van der Waals surface area contributed by atoms with Gasteiger partial charge in [-0.2, -0.15) is 0 Å². The van der Waals surface area contributed by atoms with Crippen molar-refractivity contribution >= 4 is 5.65 Å². The number of nitrogens with zero attached hydrogens (tertiary/aromatic N) is 5. The Labute approximate surface area is 192 Å². The molecule has 5 rings (SSSR count). The Morgan fingerprint density at radius 3 is 2.45 bits per heavy atom. The summed E-state index contributed by atoms with van der Waals surface area (Å²) in [6.45, 7) is 6.26. The van der Waals surface area contributed by atoms with Crippen molar-refractivity contribution in [1.82, 2.24) is 30.0 Å². The summed E-state index contributed by atoms with van der Waals surface area (Å²) in [7, 11) is 0. The summed E-state index contributed by atoms with van der Waals surface area (Å²) >= 11 is 0. The maximum Gasteiger partial charge on any atom is 0.180 e. The number of aliphatic hydroxyl groups is 1. The molecule has 0 spiro atoms. The van der Waals surface area contributed by atoms with Gasteiger partial charge in [0, 0.05) is 11.8 Å². The highest BCUT2D eigenvalue weighted by Gasteiger charge is 2.20. The normalized spacial score (nSPS) is 12.4. The van der Waals surface area contributed by atoms with Gasteiger partial charge in [0.15, 0.2) is 5.82 Å². The Balaban J connectivity index is 1.53. The number of hydrogen-bond donors (Lipinski definition) is 2. The lowest BCUT2D eigenvalue weighted by Gasteiger charge is -2.18. The number of aromatic nitrogens is 6. The first-order chi connectivity index (χ1) is 16.1. The average Bonchev–Trinajstić information content (AvgIpc) is 3.50. The minimum absolute atomic E-state index is 0.621. The second kappa shape index (κ2) is 8.60. The number of rotatable bonds is 6. The van der Waals surface area contributed by atoms with E-state index < -0.39 is 6.10 Å². The molecule has 0 saturated heterocycles. The number of aromatic amines is 1. The topological polar surface area (TPSA) is 92.0 Å². The van der Waals surface area contributed by atoms with Crippen LogP contribution in [0.3, 0.4) is 0 Å². The zero-order valence-corrected chi connectivity index (χ0v) is 18.9. The first kappa shape index (κ1) is 21.0. The molecule has 7 nitrogen and oxygen atoms in total. The van der Waals surface area contributed by atoms with Crippen molar-refractivity contribution in [1.29, 1.82) is 0 Å². The smallest absolute Gasteiger partial charge is 0.180 e. The SMILES string of the molecule is CCCc1cn2c([C@H](O)c3ccc(-c4ccccc4-c4nnn[nH]4)cc3)c(C)cc(C)c2n1. The van der Waals surface area contributed by atoms with Crippen molar-refractivity contribution in [2.45, 2.75) is 39.7 Å². The van der Waals surface area contributed by atoms with Crippen LogP contribution in [0.15, 0.2) is 60.8 Å². The van der Waals surface area contributed by atoms with Crippen molar-refractivity contribution in [2.75, 3.05) is 0 Å². The fraction of sp³-hybridized carbons (Fsp3) is 0.231. The van der Waals surface area contributed by atoms with Crippen LogP contribution in [0.5, 0.6) is 0 Å². The monoisotopic (exact) mass is 438 g/mol. The molecule has 33 heavy (non-hydrogen) atoms. The van der Waals surface area contributed by atoms with Crippen LogP contribution in [0, 0.1) is 13.8 Å². The van der Waals surface area contributed by atoms with Crippen LogP contribution in [0.4, 0.5) is 0 Å². The van der Waals surface area contributed by atoms with Crippen LogP contribution >= 0.6 is 0 Å². The van der Waals surface area contributed by atoms with Gasteiger partial charge in [-0.05, 0) is 58.5 Å². The van der Waals surface area contributed by atoms with E-state index >= 15 is 0 Å². The lowest BCUT2D eigenvalue weighted by Crippen LogP contribution is -2.09. The minimum atomic E-state index is -0.764. The molecule has 0 aliphatic heterocycles. The summed E-state index contributed by atoms with van der Waals surface area (Å²) in [5.74, 6) is 0.621. The molecule has 0 saturated carbocycles. The molecule has 0 aliphatic rings. The Bertz CT molecular complexity index is 1400. The number of nitrogens with one attached hydrogen (secondary N) is 1. The van der Waals surface area contributed by atoms with Gasteiger partial charge < -0.3 is 9.51 Å². The molecule has 0 bridgehead atoms. The minimum Gasteiger partial charge on any atom is -0.382 e. The quantitative estimate of drug-likeness (QED) is 0.396. The molecule has 1 atom stereocenters. The standard InChI is InChI=1S/C26H26N6O/c1-4-7-20-15-32-23(16(2)14-17(3)26(32)27-20)24(33)19-12-10-18(11-13-19)21-8-5-6-9-22(21)25-28-30-31-29-25/h5-6,8-15,24,33H,4,7H2,1-3H3,(H,28,29,30,31)/t24-/m1/s1. The number of tetrazole rings is 1. The van der Waals surface area contributed by atoms with Crippen LogP contribution in [-0.4, -0.2) is 35.1 Å². The average molecular weight is 439 g/mol. The highest BCUT2D eigenvalue weighted by atomic mass is 16.3. The fourth-order valence-corrected chi connectivity index (χ4v) is 4.49. The molecule has 0 fully saturated rings. The molecule has 7 heteroatoms.